The molecule has 0 fully saturated rings. The lowest BCUT2D eigenvalue weighted by Gasteiger charge is -2.09. The number of hydrogen-bond acceptors (Lipinski definition) is 6. The van der Waals surface area contributed by atoms with E-state index in [9.17, 15) is 9.59 Å². The van der Waals surface area contributed by atoms with E-state index in [1.165, 1.54) is 19.1 Å². The summed E-state index contributed by atoms with van der Waals surface area (Å²) in [5.74, 6) is -0.0504. The van der Waals surface area contributed by atoms with Crippen molar-refractivity contribution in [2.24, 2.45) is 4.99 Å². The molecule has 0 radical (unpaired) electrons. The van der Waals surface area contributed by atoms with Gasteiger partial charge in [-0.2, -0.15) is 0 Å². The van der Waals surface area contributed by atoms with Gasteiger partial charge in [0.15, 0.2) is 5.90 Å². The number of nitrogens with zero attached hydrogens (tertiary/aromatic N) is 1. The SMILES string of the molecule is CC(=O)Oc1ccccc1C(=O)Oc1ccc(N=C(C)OC(C)C)cc1. The highest BCUT2D eigenvalue weighted by molar-refractivity contribution is 5.94. The number of benzene rings is 2. The summed E-state index contributed by atoms with van der Waals surface area (Å²) in [4.78, 5) is 27.8. The van der Waals surface area contributed by atoms with Crippen molar-refractivity contribution < 1.29 is 23.8 Å². The summed E-state index contributed by atoms with van der Waals surface area (Å²) in [6, 6.07) is 13.1. The fraction of sp³-hybridized carbons (Fsp3) is 0.250. The van der Waals surface area contributed by atoms with E-state index in [0.29, 0.717) is 17.3 Å². The van der Waals surface area contributed by atoms with E-state index in [0.717, 1.165) is 0 Å². The first-order valence-corrected chi connectivity index (χ1v) is 8.17. The highest BCUT2D eigenvalue weighted by atomic mass is 16.5. The average molecular weight is 355 g/mol. The van der Waals surface area contributed by atoms with Crippen LogP contribution in [-0.4, -0.2) is 23.9 Å². The van der Waals surface area contributed by atoms with Crippen molar-refractivity contribution in [1.29, 1.82) is 0 Å². The summed E-state index contributed by atoms with van der Waals surface area (Å²) in [6.45, 7) is 6.90. The fourth-order valence-electron chi connectivity index (χ4n) is 2.18. The minimum Gasteiger partial charge on any atom is -0.478 e. The Kier molecular flexibility index (Phi) is 6.49. The van der Waals surface area contributed by atoms with E-state index >= 15 is 0 Å². The Morgan fingerprint density at radius 2 is 1.58 bits per heavy atom. The Balaban J connectivity index is 2.10. The normalized spacial score (nSPS) is 11.2. The third-order valence-electron chi connectivity index (χ3n) is 3.10. The Morgan fingerprint density at radius 1 is 0.923 bits per heavy atom. The average Bonchev–Trinajstić information content (AvgIpc) is 2.55. The Hall–Kier alpha value is -3.15. The van der Waals surface area contributed by atoms with Crippen LogP contribution in [0.3, 0.4) is 0 Å². The van der Waals surface area contributed by atoms with Gasteiger partial charge in [-0.15, -0.1) is 0 Å². The molecule has 0 atom stereocenters. The summed E-state index contributed by atoms with van der Waals surface area (Å²) in [5, 5.41) is 0. The first kappa shape index (κ1) is 19.2. The van der Waals surface area contributed by atoms with Gasteiger partial charge in [-0.25, -0.2) is 9.79 Å². The molecule has 26 heavy (non-hydrogen) atoms. The van der Waals surface area contributed by atoms with Crippen LogP contribution in [0.25, 0.3) is 0 Å². The Morgan fingerprint density at radius 3 is 2.19 bits per heavy atom. The summed E-state index contributed by atoms with van der Waals surface area (Å²) in [6.07, 6.45) is 0.0521. The highest BCUT2D eigenvalue weighted by Crippen LogP contribution is 2.23. The zero-order valence-electron chi connectivity index (χ0n) is 15.2. The van der Waals surface area contributed by atoms with E-state index in [-0.39, 0.29) is 17.4 Å². The zero-order chi connectivity index (χ0) is 19.1. The molecule has 0 unspecified atom stereocenters. The lowest BCUT2D eigenvalue weighted by molar-refractivity contribution is -0.131. The van der Waals surface area contributed by atoms with Crippen LogP contribution >= 0.6 is 0 Å². The van der Waals surface area contributed by atoms with Gasteiger partial charge in [0.05, 0.1) is 11.8 Å². The second kappa shape index (κ2) is 8.80. The molecule has 0 aliphatic rings. The molecule has 0 aromatic heterocycles. The third-order valence-corrected chi connectivity index (χ3v) is 3.10. The van der Waals surface area contributed by atoms with Crippen molar-refractivity contribution in [2.45, 2.75) is 33.8 Å². The number of carbonyl (C=O) groups is 2. The quantitative estimate of drug-likeness (QED) is 0.346. The number of aliphatic imine (C=N–C) groups is 1. The molecule has 0 N–H and O–H groups in total. The predicted octanol–water partition coefficient (Wildman–Crippen LogP) is 4.31. The number of para-hydroxylation sites is 1. The van der Waals surface area contributed by atoms with Gasteiger partial charge in [0.25, 0.3) is 0 Å². The van der Waals surface area contributed by atoms with Gasteiger partial charge in [-0.3, -0.25) is 4.79 Å². The fourth-order valence-corrected chi connectivity index (χ4v) is 2.18. The van der Waals surface area contributed by atoms with Gasteiger partial charge in [0.1, 0.15) is 17.1 Å². The summed E-state index contributed by atoms with van der Waals surface area (Å²) < 4.78 is 15.8. The first-order chi connectivity index (χ1) is 12.3. The van der Waals surface area contributed by atoms with Crippen LogP contribution in [-0.2, 0) is 9.53 Å². The molecule has 0 saturated heterocycles. The van der Waals surface area contributed by atoms with Crippen molar-refractivity contribution in [2.75, 3.05) is 0 Å². The topological polar surface area (TPSA) is 74.2 Å². The molecule has 0 spiro atoms. The van der Waals surface area contributed by atoms with E-state index in [4.69, 9.17) is 14.2 Å². The molecular formula is C20H21NO5. The molecular weight excluding hydrogens is 334 g/mol. The molecule has 136 valence electrons. The molecule has 0 aliphatic heterocycles. The second-order valence-electron chi connectivity index (χ2n) is 5.77. The largest absolute Gasteiger partial charge is 0.478 e. The van der Waals surface area contributed by atoms with Crippen LogP contribution in [0, 0.1) is 0 Å². The Bertz CT molecular complexity index is 809. The molecule has 2 aromatic rings. The lowest BCUT2D eigenvalue weighted by atomic mass is 10.2. The smallest absolute Gasteiger partial charge is 0.347 e. The molecule has 0 bridgehead atoms. The van der Waals surface area contributed by atoms with Crippen molar-refractivity contribution >= 4 is 23.5 Å². The standard InChI is InChI=1S/C20H21NO5/c1-13(2)24-14(3)21-16-9-11-17(12-10-16)26-20(23)18-7-5-6-8-19(18)25-15(4)22/h5-13H,1-4H3. The minimum atomic E-state index is -0.613. The van der Waals surface area contributed by atoms with Gasteiger partial charge >= 0.3 is 11.9 Å². The third kappa shape index (κ3) is 5.73. The molecule has 0 amide bonds. The number of rotatable bonds is 5. The molecule has 0 heterocycles. The van der Waals surface area contributed by atoms with Crippen LogP contribution in [0.1, 0.15) is 38.1 Å². The first-order valence-electron chi connectivity index (χ1n) is 8.17. The monoisotopic (exact) mass is 355 g/mol. The summed E-state index contributed by atoms with van der Waals surface area (Å²) >= 11 is 0. The maximum Gasteiger partial charge on any atom is 0.347 e. The number of ether oxygens (including phenoxy) is 3. The predicted molar refractivity (Wildman–Crippen MR) is 98.1 cm³/mol. The van der Waals surface area contributed by atoms with E-state index < -0.39 is 11.9 Å². The van der Waals surface area contributed by atoms with Crippen molar-refractivity contribution in [3.05, 3.63) is 54.1 Å². The maximum absolute atomic E-state index is 12.3. The minimum absolute atomic E-state index is 0.0521. The van der Waals surface area contributed by atoms with Crippen LogP contribution in [0.5, 0.6) is 11.5 Å². The van der Waals surface area contributed by atoms with Gasteiger partial charge in [-0.05, 0) is 50.2 Å². The maximum atomic E-state index is 12.3. The number of esters is 2. The van der Waals surface area contributed by atoms with E-state index in [2.05, 4.69) is 4.99 Å². The van der Waals surface area contributed by atoms with Crippen LogP contribution < -0.4 is 9.47 Å². The van der Waals surface area contributed by atoms with Crippen LogP contribution in [0.4, 0.5) is 5.69 Å². The molecule has 2 aromatic carbocycles. The zero-order valence-corrected chi connectivity index (χ0v) is 15.2. The second-order valence-corrected chi connectivity index (χ2v) is 5.77. The lowest BCUT2D eigenvalue weighted by Crippen LogP contribution is -2.12. The number of carbonyl (C=O) groups excluding carboxylic acids is 2. The Labute approximate surface area is 152 Å². The van der Waals surface area contributed by atoms with Crippen molar-refractivity contribution in [1.82, 2.24) is 0 Å². The highest BCUT2D eigenvalue weighted by Gasteiger charge is 2.15. The van der Waals surface area contributed by atoms with Crippen LogP contribution in [0.2, 0.25) is 0 Å². The molecule has 6 nitrogen and oxygen atoms in total. The summed E-state index contributed by atoms with van der Waals surface area (Å²) in [5.41, 5.74) is 0.856. The van der Waals surface area contributed by atoms with Gasteiger partial charge in [0.2, 0.25) is 0 Å². The van der Waals surface area contributed by atoms with E-state index in [1.807, 2.05) is 13.8 Å². The summed E-state index contributed by atoms with van der Waals surface area (Å²) in [7, 11) is 0. The molecule has 0 aliphatic carbocycles. The molecule has 0 saturated carbocycles. The van der Waals surface area contributed by atoms with Crippen molar-refractivity contribution in [3.63, 3.8) is 0 Å². The van der Waals surface area contributed by atoms with E-state index in [1.54, 1.807) is 43.3 Å². The number of hydrogen-bond donors (Lipinski definition) is 0. The van der Waals surface area contributed by atoms with Gasteiger partial charge < -0.3 is 14.2 Å². The molecule has 2 rings (SSSR count). The van der Waals surface area contributed by atoms with Gasteiger partial charge in [-0.1, -0.05) is 12.1 Å². The molecule has 6 heteroatoms. The van der Waals surface area contributed by atoms with Gasteiger partial charge in [0, 0.05) is 13.8 Å². The van der Waals surface area contributed by atoms with Crippen LogP contribution in [0.15, 0.2) is 53.5 Å². The van der Waals surface area contributed by atoms with Crippen molar-refractivity contribution in [3.8, 4) is 11.5 Å².